The second-order valence-electron chi connectivity index (χ2n) is 6.41. The normalized spacial score (nSPS) is 18.9. The van der Waals surface area contributed by atoms with Crippen molar-refractivity contribution in [2.45, 2.75) is 23.1 Å². The summed E-state index contributed by atoms with van der Waals surface area (Å²) in [7, 11) is -7.18. The van der Waals surface area contributed by atoms with E-state index in [2.05, 4.69) is 5.32 Å². The van der Waals surface area contributed by atoms with Crippen LogP contribution in [0.25, 0.3) is 0 Å². The summed E-state index contributed by atoms with van der Waals surface area (Å²) in [5.41, 5.74) is 0.851. The van der Waals surface area contributed by atoms with Gasteiger partial charge in [0.05, 0.1) is 21.7 Å². The van der Waals surface area contributed by atoms with Crippen molar-refractivity contribution in [3.63, 3.8) is 0 Å². The summed E-state index contributed by atoms with van der Waals surface area (Å²) < 4.78 is 61.4. The van der Waals surface area contributed by atoms with Gasteiger partial charge in [-0.05, 0) is 42.3 Å². The van der Waals surface area contributed by atoms with Gasteiger partial charge in [-0.15, -0.1) is 0 Å². The fraction of sp³-hybridized carbons (Fsp3) is 0.278. The number of hydrogen-bond acceptors (Lipinski definition) is 5. The summed E-state index contributed by atoms with van der Waals surface area (Å²) in [6.07, 6.45) is 0.0612. The van der Waals surface area contributed by atoms with Crippen LogP contribution in [-0.2, 0) is 26.2 Å². The number of benzene rings is 2. The lowest BCUT2D eigenvalue weighted by Gasteiger charge is -2.11. The van der Waals surface area contributed by atoms with Crippen molar-refractivity contribution >= 4 is 25.6 Å². The van der Waals surface area contributed by atoms with Gasteiger partial charge in [-0.1, -0.05) is 18.2 Å². The molecule has 2 aromatic carbocycles. The van der Waals surface area contributed by atoms with Crippen molar-refractivity contribution in [1.82, 2.24) is 5.32 Å². The van der Waals surface area contributed by atoms with Crippen LogP contribution in [0, 0.1) is 5.82 Å². The van der Waals surface area contributed by atoms with Gasteiger partial charge in [-0.2, -0.15) is 0 Å². The molecule has 1 amide bonds. The standard InChI is InChI=1S/C18H18FNO5S2/c19-15-6-4-13(5-7-15)11-20-18(21)14-2-1-3-16(10-14)27(24,25)17-8-9-26(22,23)12-17/h1-7,10,17H,8-9,11-12H2,(H,20,21)/t17-/m0/s1. The molecular formula is C18H18FNO5S2. The predicted molar refractivity (Wildman–Crippen MR) is 98.3 cm³/mol. The molecule has 1 heterocycles. The molecular weight excluding hydrogens is 393 g/mol. The lowest BCUT2D eigenvalue weighted by atomic mass is 10.2. The second kappa shape index (κ2) is 7.40. The highest BCUT2D eigenvalue weighted by Crippen LogP contribution is 2.25. The van der Waals surface area contributed by atoms with Crippen LogP contribution in [0.2, 0.25) is 0 Å². The van der Waals surface area contributed by atoms with Crippen molar-refractivity contribution in [3.8, 4) is 0 Å². The number of carbonyl (C=O) groups excluding carboxylic acids is 1. The van der Waals surface area contributed by atoms with Crippen LogP contribution < -0.4 is 5.32 Å². The maximum atomic E-state index is 12.9. The molecule has 1 saturated heterocycles. The number of rotatable bonds is 5. The topological polar surface area (TPSA) is 97.4 Å². The van der Waals surface area contributed by atoms with Crippen molar-refractivity contribution < 1.29 is 26.0 Å². The molecule has 9 heteroatoms. The fourth-order valence-corrected chi connectivity index (χ4v) is 7.30. The third-order valence-electron chi connectivity index (χ3n) is 4.42. The number of hydrogen-bond donors (Lipinski definition) is 1. The first-order chi connectivity index (χ1) is 12.7. The van der Waals surface area contributed by atoms with E-state index in [4.69, 9.17) is 0 Å². The molecule has 0 radical (unpaired) electrons. The van der Waals surface area contributed by atoms with Crippen LogP contribution in [0.3, 0.4) is 0 Å². The van der Waals surface area contributed by atoms with Crippen LogP contribution in [0.4, 0.5) is 4.39 Å². The zero-order valence-electron chi connectivity index (χ0n) is 14.3. The molecule has 0 spiro atoms. The molecule has 3 rings (SSSR count). The molecule has 6 nitrogen and oxygen atoms in total. The third-order valence-corrected chi connectivity index (χ3v) is 8.59. The number of amides is 1. The Morgan fingerprint density at radius 2 is 1.85 bits per heavy atom. The minimum absolute atomic E-state index is 0.0612. The number of carbonyl (C=O) groups is 1. The summed E-state index contributed by atoms with van der Waals surface area (Å²) in [6, 6.07) is 11.2. The Labute approximate surface area is 157 Å². The average Bonchev–Trinajstić information content (AvgIpc) is 3.02. The Kier molecular flexibility index (Phi) is 5.34. The minimum Gasteiger partial charge on any atom is -0.348 e. The first-order valence-corrected chi connectivity index (χ1v) is 11.6. The summed E-state index contributed by atoms with van der Waals surface area (Å²) >= 11 is 0. The Morgan fingerprint density at radius 3 is 2.48 bits per heavy atom. The highest BCUT2D eigenvalue weighted by Gasteiger charge is 2.38. The smallest absolute Gasteiger partial charge is 0.251 e. The van der Waals surface area contributed by atoms with E-state index >= 15 is 0 Å². The van der Waals surface area contributed by atoms with Crippen LogP contribution in [0.15, 0.2) is 53.4 Å². The number of nitrogens with one attached hydrogen (secondary N) is 1. The highest BCUT2D eigenvalue weighted by molar-refractivity contribution is 7.96. The van der Waals surface area contributed by atoms with Crippen molar-refractivity contribution in [2.24, 2.45) is 0 Å². The van der Waals surface area contributed by atoms with Gasteiger partial charge in [0.15, 0.2) is 19.7 Å². The van der Waals surface area contributed by atoms with Gasteiger partial charge in [0.1, 0.15) is 5.82 Å². The van der Waals surface area contributed by atoms with Gasteiger partial charge >= 0.3 is 0 Å². The van der Waals surface area contributed by atoms with Crippen molar-refractivity contribution in [1.29, 1.82) is 0 Å². The Morgan fingerprint density at radius 1 is 1.15 bits per heavy atom. The van der Waals surface area contributed by atoms with Gasteiger partial charge in [0.25, 0.3) is 5.91 Å². The van der Waals surface area contributed by atoms with Crippen LogP contribution in [0.1, 0.15) is 22.3 Å². The Balaban J connectivity index is 1.74. The van der Waals surface area contributed by atoms with Gasteiger partial charge in [-0.25, -0.2) is 21.2 Å². The van der Waals surface area contributed by atoms with Gasteiger partial charge in [-0.3, -0.25) is 4.79 Å². The average molecular weight is 411 g/mol. The summed E-state index contributed by atoms with van der Waals surface area (Å²) in [5.74, 6) is -1.39. The molecule has 2 aromatic rings. The fourth-order valence-electron chi connectivity index (χ4n) is 2.90. The first kappa shape index (κ1) is 19.5. The van der Waals surface area contributed by atoms with E-state index in [1.165, 1.54) is 48.5 Å². The molecule has 1 aliphatic heterocycles. The number of halogens is 1. The third kappa shape index (κ3) is 4.54. The quantitative estimate of drug-likeness (QED) is 0.808. The van der Waals surface area contributed by atoms with E-state index in [1.54, 1.807) is 0 Å². The molecule has 0 unspecified atom stereocenters. The SMILES string of the molecule is O=C(NCc1ccc(F)cc1)c1cccc(S(=O)(=O)[C@H]2CCS(=O)(=O)C2)c1. The summed E-state index contributed by atoms with van der Waals surface area (Å²) in [6.45, 7) is 0.164. The number of sulfone groups is 2. The monoisotopic (exact) mass is 411 g/mol. The van der Waals surface area contributed by atoms with Crippen LogP contribution >= 0.6 is 0 Å². The highest BCUT2D eigenvalue weighted by atomic mass is 32.2. The van der Waals surface area contributed by atoms with E-state index in [0.29, 0.717) is 5.56 Å². The summed E-state index contributed by atoms with van der Waals surface area (Å²) in [5, 5.41) is 1.66. The minimum atomic E-state index is -3.84. The second-order valence-corrected chi connectivity index (χ2v) is 10.9. The van der Waals surface area contributed by atoms with Gasteiger partial charge < -0.3 is 5.32 Å². The molecule has 1 atom stereocenters. The van der Waals surface area contributed by atoms with Crippen LogP contribution in [0.5, 0.6) is 0 Å². The molecule has 1 aliphatic rings. The molecule has 0 bridgehead atoms. The van der Waals surface area contributed by atoms with Crippen molar-refractivity contribution in [3.05, 3.63) is 65.5 Å². The van der Waals surface area contributed by atoms with Crippen LogP contribution in [-0.4, -0.2) is 39.5 Å². The molecule has 27 heavy (non-hydrogen) atoms. The molecule has 0 aromatic heterocycles. The van der Waals surface area contributed by atoms with E-state index < -0.39 is 36.6 Å². The lowest BCUT2D eigenvalue weighted by Crippen LogP contribution is -2.25. The van der Waals surface area contributed by atoms with Gasteiger partial charge in [0.2, 0.25) is 0 Å². The maximum Gasteiger partial charge on any atom is 0.251 e. The predicted octanol–water partition coefficient (Wildman–Crippen LogP) is 1.72. The molecule has 1 fully saturated rings. The lowest BCUT2D eigenvalue weighted by molar-refractivity contribution is 0.0950. The molecule has 0 saturated carbocycles. The molecule has 1 N–H and O–H groups in total. The Hall–Kier alpha value is -2.26. The maximum absolute atomic E-state index is 12.9. The zero-order chi connectivity index (χ0) is 19.7. The van der Waals surface area contributed by atoms with E-state index in [0.717, 1.165) is 0 Å². The first-order valence-electron chi connectivity index (χ1n) is 8.24. The van der Waals surface area contributed by atoms with E-state index in [-0.39, 0.29) is 35.0 Å². The zero-order valence-corrected chi connectivity index (χ0v) is 15.9. The van der Waals surface area contributed by atoms with E-state index in [9.17, 15) is 26.0 Å². The van der Waals surface area contributed by atoms with Crippen molar-refractivity contribution in [2.75, 3.05) is 11.5 Å². The molecule has 144 valence electrons. The largest absolute Gasteiger partial charge is 0.348 e. The Bertz CT molecular complexity index is 1060. The summed E-state index contributed by atoms with van der Waals surface area (Å²) in [4.78, 5) is 12.2. The van der Waals surface area contributed by atoms with Gasteiger partial charge in [0, 0.05) is 12.1 Å². The molecule has 0 aliphatic carbocycles. The van der Waals surface area contributed by atoms with E-state index in [1.807, 2.05) is 0 Å².